The molecule has 3 N–H and O–H groups in total. The summed E-state index contributed by atoms with van der Waals surface area (Å²) < 4.78 is 0. The first-order chi connectivity index (χ1) is 14.6. The van der Waals surface area contributed by atoms with Crippen LogP contribution in [0, 0.1) is 46.3 Å². The SMILES string of the molecule is C[C@H](CCC(=O)NCC(=O)O)[C@H]1CC[C@@H]2[C@H]3CC[C@H]4C[C@H](O)CC[C@]4(C)[C@@H]3CC[C@@]21C. The summed E-state index contributed by atoms with van der Waals surface area (Å²) in [5, 5.41) is 21.5. The Labute approximate surface area is 187 Å². The maximum absolute atomic E-state index is 12.0. The summed E-state index contributed by atoms with van der Waals surface area (Å²) in [4.78, 5) is 22.7. The molecule has 0 unspecified atom stereocenters. The van der Waals surface area contributed by atoms with E-state index < -0.39 is 5.97 Å². The zero-order valence-corrected chi connectivity index (χ0v) is 19.7. The lowest BCUT2D eigenvalue weighted by atomic mass is 9.44. The number of nitrogens with one attached hydrogen (secondary N) is 1. The van der Waals surface area contributed by atoms with E-state index in [1.54, 1.807) is 0 Å². The molecular formula is C26H43NO4. The van der Waals surface area contributed by atoms with Crippen molar-refractivity contribution in [2.45, 2.75) is 97.5 Å². The van der Waals surface area contributed by atoms with Crippen LogP contribution in [0.1, 0.15) is 91.4 Å². The fraction of sp³-hybridized carbons (Fsp3) is 0.923. The third-order valence-corrected chi connectivity index (χ3v) is 10.7. The van der Waals surface area contributed by atoms with Gasteiger partial charge in [-0.25, -0.2) is 0 Å². The molecule has 0 aromatic heterocycles. The Kier molecular flexibility index (Phi) is 6.46. The van der Waals surface area contributed by atoms with Crippen LogP contribution in [0.5, 0.6) is 0 Å². The smallest absolute Gasteiger partial charge is 0.322 e. The molecule has 4 fully saturated rings. The Bertz CT molecular complexity index is 695. The Balaban J connectivity index is 1.40. The van der Waals surface area contributed by atoms with Gasteiger partial charge in [0.1, 0.15) is 6.54 Å². The van der Waals surface area contributed by atoms with E-state index in [2.05, 4.69) is 26.1 Å². The molecular weight excluding hydrogens is 390 g/mol. The molecule has 9 atom stereocenters. The van der Waals surface area contributed by atoms with Crippen LogP contribution in [0.4, 0.5) is 0 Å². The van der Waals surface area contributed by atoms with Crippen LogP contribution in [0.25, 0.3) is 0 Å². The van der Waals surface area contributed by atoms with E-state index in [-0.39, 0.29) is 18.6 Å². The Hall–Kier alpha value is -1.10. The number of amides is 1. The lowest BCUT2D eigenvalue weighted by molar-refractivity contribution is -0.138. The Morgan fingerprint density at radius 3 is 2.45 bits per heavy atom. The molecule has 0 spiro atoms. The molecule has 0 heterocycles. The number of carboxylic acids is 1. The average Bonchev–Trinajstić information content (AvgIpc) is 3.08. The van der Waals surface area contributed by atoms with Gasteiger partial charge < -0.3 is 15.5 Å². The first-order valence-corrected chi connectivity index (χ1v) is 12.8. The van der Waals surface area contributed by atoms with Gasteiger partial charge in [-0.1, -0.05) is 20.8 Å². The molecule has 176 valence electrons. The fourth-order valence-electron chi connectivity index (χ4n) is 9.03. The standard InChI is InChI=1S/C26H43NO4/c1-16(4-9-23(29)27-15-24(30)31)20-7-8-21-19-6-5-17-14-18(28)10-12-25(17,2)22(19)11-13-26(20,21)3/h16-22,28H,4-15H2,1-3H3,(H,27,29)(H,30,31)/t16-,17+,18-,19-,20-,21-,22-,25+,26-/m1/s1. The second-order valence-corrected chi connectivity index (χ2v) is 12.0. The number of aliphatic hydroxyl groups excluding tert-OH is 1. The second kappa shape index (κ2) is 8.68. The Morgan fingerprint density at radius 2 is 1.71 bits per heavy atom. The van der Waals surface area contributed by atoms with Gasteiger partial charge in [0.15, 0.2) is 0 Å². The number of hydrogen-bond donors (Lipinski definition) is 3. The van der Waals surface area contributed by atoms with Gasteiger partial charge in [0.05, 0.1) is 6.10 Å². The van der Waals surface area contributed by atoms with Crippen molar-refractivity contribution in [3.63, 3.8) is 0 Å². The zero-order valence-electron chi connectivity index (χ0n) is 19.7. The maximum Gasteiger partial charge on any atom is 0.322 e. The van der Waals surface area contributed by atoms with Crippen LogP contribution in [-0.4, -0.2) is 34.7 Å². The van der Waals surface area contributed by atoms with Crippen molar-refractivity contribution in [2.24, 2.45) is 46.3 Å². The minimum Gasteiger partial charge on any atom is -0.480 e. The number of fused-ring (bicyclic) bond motifs is 5. The van der Waals surface area contributed by atoms with Crippen LogP contribution < -0.4 is 5.32 Å². The van der Waals surface area contributed by atoms with Gasteiger partial charge in [0.2, 0.25) is 5.91 Å². The monoisotopic (exact) mass is 433 g/mol. The van der Waals surface area contributed by atoms with E-state index in [1.807, 2.05) is 0 Å². The van der Waals surface area contributed by atoms with Crippen molar-refractivity contribution in [2.75, 3.05) is 6.54 Å². The third-order valence-electron chi connectivity index (χ3n) is 10.7. The number of rotatable bonds is 6. The highest BCUT2D eigenvalue weighted by molar-refractivity contribution is 5.81. The van der Waals surface area contributed by atoms with Crippen molar-refractivity contribution in [3.8, 4) is 0 Å². The summed E-state index contributed by atoms with van der Waals surface area (Å²) in [6.07, 6.45) is 12.3. The topological polar surface area (TPSA) is 86.6 Å². The van der Waals surface area contributed by atoms with Crippen LogP contribution >= 0.6 is 0 Å². The van der Waals surface area contributed by atoms with Gasteiger partial charge in [0, 0.05) is 6.42 Å². The number of carbonyl (C=O) groups excluding carboxylic acids is 1. The normalized spacial score (nSPS) is 45.2. The highest BCUT2D eigenvalue weighted by Gasteiger charge is 2.60. The molecule has 0 aliphatic heterocycles. The van der Waals surface area contributed by atoms with E-state index in [4.69, 9.17) is 5.11 Å². The maximum atomic E-state index is 12.0. The zero-order chi connectivity index (χ0) is 22.4. The van der Waals surface area contributed by atoms with Crippen LogP contribution in [0.3, 0.4) is 0 Å². The molecule has 0 radical (unpaired) electrons. The van der Waals surface area contributed by atoms with Crippen molar-refractivity contribution >= 4 is 11.9 Å². The van der Waals surface area contributed by atoms with Crippen molar-refractivity contribution in [3.05, 3.63) is 0 Å². The van der Waals surface area contributed by atoms with Gasteiger partial charge in [-0.2, -0.15) is 0 Å². The number of aliphatic carboxylic acids is 1. The lowest BCUT2D eigenvalue weighted by Gasteiger charge is -2.61. The molecule has 0 aromatic rings. The summed E-state index contributed by atoms with van der Waals surface area (Å²) in [6.45, 7) is 7.13. The molecule has 31 heavy (non-hydrogen) atoms. The summed E-state index contributed by atoms with van der Waals surface area (Å²) in [5.74, 6) is 3.23. The van der Waals surface area contributed by atoms with Gasteiger partial charge in [-0.15, -0.1) is 0 Å². The molecule has 0 aromatic carbocycles. The minimum absolute atomic E-state index is 0.0760. The van der Waals surface area contributed by atoms with Crippen molar-refractivity contribution < 1.29 is 19.8 Å². The fourth-order valence-corrected chi connectivity index (χ4v) is 9.03. The van der Waals surface area contributed by atoms with Crippen LogP contribution in [0.2, 0.25) is 0 Å². The lowest BCUT2D eigenvalue weighted by Crippen LogP contribution is -2.54. The largest absolute Gasteiger partial charge is 0.480 e. The highest BCUT2D eigenvalue weighted by atomic mass is 16.4. The number of hydrogen-bond acceptors (Lipinski definition) is 3. The summed E-state index contributed by atoms with van der Waals surface area (Å²) in [7, 11) is 0. The van der Waals surface area contributed by atoms with E-state index in [0.29, 0.717) is 35.0 Å². The van der Waals surface area contributed by atoms with E-state index in [0.717, 1.165) is 37.0 Å². The molecule has 4 aliphatic rings. The molecule has 5 heteroatoms. The molecule has 4 rings (SSSR count). The second-order valence-electron chi connectivity index (χ2n) is 12.0. The molecule has 5 nitrogen and oxygen atoms in total. The van der Waals surface area contributed by atoms with Crippen molar-refractivity contribution in [1.29, 1.82) is 0 Å². The van der Waals surface area contributed by atoms with Crippen molar-refractivity contribution in [1.82, 2.24) is 5.32 Å². The Morgan fingerprint density at radius 1 is 1.00 bits per heavy atom. The first kappa shape index (κ1) is 23.1. The molecule has 4 saturated carbocycles. The van der Waals surface area contributed by atoms with E-state index in [1.165, 1.54) is 44.9 Å². The van der Waals surface area contributed by atoms with Gasteiger partial charge >= 0.3 is 5.97 Å². The van der Waals surface area contributed by atoms with Gasteiger partial charge in [-0.3, -0.25) is 9.59 Å². The summed E-state index contributed by atoms with van der Waals surface area (Å²) >= 11 is 0. The average molecular weight is 434 g/mol. The molecule has 0 saturated heterocycles. The van der Waals surface area contributed by atoms with Crippen LogP contribution in [-0.2, 0) is 9.59 Å². The minimum atomic E-state index is -0.986. The van der Waals surface area contributed by atoms with E-state index >= 15 is 0 Å². The van der Waals surface area contributed by atoms with Crippen LogP contribution in [0.15, 0.2) is 0 Å². The summed E-state index contributed by atoms with van der Waals surface area (Å²) in [5.41, 5.74) is 0.810. The number of carbonyl (C=O) groups is 2. The molecule has 4 aliphatic carbocycles. The predicted octanol–water partition coefficient (Wildman–Crippen LogP) is 4.62. The predicted molar refractivity (Wildman–Crippen MR) is 120 cm³/mol. The molecule has 1 amide bonds. The quantitative estimate of drug-likeness (QED) is 0.570. The van der Waals surface area contributed by atoms with Gasteiger partial charge in [-0.05, 0) is 111 Å². The third kappa shape index (κ3) is 4.16. The highest BCUT2D eigenvalue weighted by Crippen LogP contribution is 2.68. The molecule has 0 bridgehead atoms. The summed E-state index contributed by atoms with van der Waals surface area (Å²) in [6, 6.07) is 0. The number of carboxylic acid groups (broad SMARTS) is 1. The number of aliphatic hydroxyl groups is 1. The van der Waals surface area contributed by atoms with Gasteiger partial charge in [0.25, 0.3) is 0 Å². The van der Waals surface area contributed by atoms with E-state index in [9.17, 15) is 14.7 Å². The first-order valence-electron chi connectivity index (χ1n) is 12.8.